The molecule has 3 aromatic carbocycles. The van der Waals surface area contributed by atoms with Gasteiger partial charge in [-0.15, -0.1) is 0 Å². The minimum Gasteiger partial charge on any atom is -0.497 e. The van der Waals surface area contributed by atoms with Gasteiger partial charge in [0.05, 0.1) is 25.5 Å². The zero-order valence-corrected chi connectivity index (χ0v) is 19.3. The van der Waals surface area contributed by atoms with Gasteiger partial charge in [0, 0.05) is 11.1 Å². The van der Waals surface area contributed by atoms with Crippen LogP contribution >= 0.6 is 0 Å². The smallest absolute Gasteiger partial charge is 0.278 e. The molecule has 0 atom stereocenters. The Bertz CT molecular complexity index is 1620. The molecule has 0 saturated heterocycles. The molecular weight excluding hydrogens is 447 g/mol. The van der Waals surface area contributed by atoms with Gasteiger partial charge in [0.2, 0.25) is 5.91 Å². The Labute approximate surface area is 200 Å². The van der Waals surface area contributed by atoms with E-state index in [4.69, 9.17) is 4.74 Å². The van der Waals surface area contributed by atoms with Gasteiger partial charge in [0.1, 0.15) is 29.1 Å². The lowest BCUT2D eigenvalue weighted by atomic mass is 10.2. The summed E-state index contributed by atoms with van der Waals surface area (Å²) in [5.41, 5.74) is 3.10. The predicted octanol–water partition coefficient (Wildman–Crippen LogP) is 4.49. The minimum atomic E-state index is -0.398. The molecular formula is C27H23FN4O3. The van der Waals surface area contributed by atoms with Crippen molar-refractivity contribution < 1.29 is 13.9 Å². The van der Waals surface area contributed by atoms with Crippen LogP contribution in [0.4, 0.5) is 10.1 Å². The third kappa shape index (κ3) is 4.26. The molecule has 35 heavy (non-hydrogen) atoms. The number of aromatic nitrogens is 3. The number of carbonyl (C=O) groups is 1. The van der Waals surface area contributed by atoms with Crippen LogP contribution in [0.3, 0.4) is 0 Å². The lowest BCUT2D eigenvalue weighted by molar-refractivity contribution is -0.116. The van der Waals surface area contributed by atoms with Gasteiger partial charge >= 0.3 is 0 Å². The number of hydrogen-bond acceptors (Lipinski definition) is 4. The molecule has 0 aliphatic heterocycles. The summed E-state index contributed by atoms with van der Waals surface area (Å²) in [6.07, 6.45) is 1.53. The van der Waals surface area contributed by atoms with Gasteiger partial charge in [-0.1, -0.05) is 36.4 Å². The Morgan fingerprint density at radius 1 is 1.09 bits per heavy atom. The summed E-state index contributed by atoms with van der Waals surface area (Å²) < 4.78 is 22.3. The molecule has 0 radical (unpaired) electrons. The van der Waals surface area contributed by atoms with Gasteiger partial charge < -0.3 is 14.6 Å². The topological polar surface area (TPSA) is 78.2 Å². The highest BCUT2D eigenvalue weighted by atomic mass is 19.1. The Kier molecular flexibility index (Phi) is 5.78. The second-order valence-electron chi connectivity index (χ2n) is 8.34. The standard InChI is InChI=1S/C27H23FN4O3/c1-17-7-10-19(13-22(17)28)30-24(33)15-32-23-6-4-3-5-21(23)25-26(32)27(34)31(16-29-25)14-18-8-11-20(35-2)12-9-18/h3-13,16H,14-15H2,1-2H3,(H,30,33). The molecule has 0 spiro atoms. The second kappa shape index (κ2) is 9.06. The molecule has 176 valence electrons. The SMILES string of the molecule is COc1ccc(Cn2cnc3c4ccccc4n(CC(=O)Nc4ccc(C)c(F)c4)c3c2=O)cc1. The van der Waals surface area contributed by atoms with Crippen LogP contribution in [0.1, 0.15) is 11.1 Å². The van der Waals surface area contributed by atoms with Gasteiger partial charge in [0.15, 0.2) is 0 Å². The molecule has 5 aromatic rings. The Balaban J connectivity index is 1.54. The van der Waals surface area contributed by atoms with Crippen molar-refractivity contribution in [3.05, 3.63) is 100 Å². The molecule has 0 fully saturated rings. The van der Waals surface area contributed by atoms with Gasteiger partial charge in [-0.3, -0.25) is 14.2 Å². The first-order valence-corrected chi connectivity index (χ1v) is 11.1. The fourth-order valence-corrected chi connectivity index (χ4v) is 4.17. The largest absolute Gasteiger partial charge is 0.497 e. The number of benzene rings is 3. The first-order chi connectivity index (χ1) is 16.9. The number of nitrogens with one attached hydrogen (secondary N) is 1. The summed E-state index contributed by atoms with van der Waals surface area (Å²) in [4.78, 5) is 31.0. The van der Waals surface area contributed by atoms with Crippen LogP contribution in [0.5, 0.6) is 5.75 Å². The molecule has 1 N–H and O–H groups in total. The zero-order valence-electron chi connectivity index (χ0n) is 19.3. The number of ether oxygens (including phenoxy) is 1. The number of aryl methyl sites for hydroxylation is 1. The molecule has 2 aromatic heterocycles. The Morgan fingerprint density at radius 3 is 2.60 bits per heavy atom. The van der Waals surface area contributed by atoms with Crippen molar-refractivity contribution in [3.8, 4) is 5.75 Å². The summed E-state index contributed by atoms with van der Waals surface area (Å²) >= 11 is 0. The molecule has 8 heteroatoms. The molecule has 0 aliphatic carbocycles. The lowest BCUT2D eigenvalue weighted by Gasteiger charge is -2.10. The zero-order chi connectivity index (χ0) is 24.5. The first-order valence-electron chi connectivity index (χ1n) is 11.1. The van der Waals surface area contributed by atoms with E-state index in [1.54, 1.807) is 30.7 Å². The van der Waals surface area contributed by atoms with Crippen molar-refractivity contribution in [2.45, 2.75) is 20.0 Å². The summed E-state index contributed by atoms with van der Waals surface area (Å²) in [7, 11) is 1.60. The number of anilines is 1. The van der Waals surface area contributed by atoms with Gasteiger partial charge in [-0.05, 0) is 48.4 Å². The van der Waals surface area contributed by atoms with Crippen LogP contribution in [0.2, 0.25) is 0 Å². The number of para-hydroxylation sites is 1. The molecule has 2 heterocycles. The third-order valence-electron chi connectivity index (χ3n) is 6.00. The highest BCUT2D eigenvalue weighted by Gasteiger charge is 2.18. The number of amides is 1. The number of rotatable bonds is 6. The summed E-state index contributed by atoms with van der Waals surface area (Å²) in [5.74, 6) is -0.0413. The maximum Gasteiger partial charge on any atom is 0.278 e. The van der Waals surface area contributed by atoms with Crippen molar-refractivity contribution in [2.24, 2.45) is 0 Å². The van der Waals surface area contributed by atoms with Crippen molar-refractivity contribution in [2.75, 3.05) is 12.4 Å². The average molecular weight is 471 g/mol. The normalized spacial score (nSPS) is 11.2. The summed E-state index contributed by atoms with van der Waals surface area (Å²) in [6.45, 7) is 1.86. The monoisotopic (exact) mass is 470 g/mol. The van der Waals surface area contributed by atoms with Crippen molar-refractivity contribution in [1.29, 1.82) is 0 Å². The van der Waals surface area contributed by atoms with E-state index in [0.29, 0.717) is 28.8 Å². The fraction of sp³-hybridized carbons (Fsp3) is 0.148. The van der Waals surface area contributed by atoms with E-state index >= 15 is 0 Å². The Morgan fingerprint density at radius 2 is 1.86 bits per heavy atom. The lowest BCUT2D eigenvalue weighted by Crippen LogP contribution is -2.25. The van der Waals surface area contributed by atoms with Crippen LogP contribution in [0.15, 0.2) is 77.9 Å². The van der Waals surface area contributed by atoms with E-state index in [1.165, 1.54) is 17.0 Å². The minimum absolute atomic E-state index is 0.122. The van der Waals surface area contributed by atoms with Crippen LogP contribution in [0, 0.1) is 12.7 Å². The van der Waals surface area contributed by atoms with E-state index < -0.39 is 5.82 Å². The van der Waals surface area contributed by atoms with Crippen LogP contribution in [-0.4, -0.2) is 27.1 Å². The summed E-state index contributed by atoms with van der Waals surface area (Å²) in [5, 5.41) is 3.50. The van der Waals surface area contributed by atoms with Gasteiger partial charge in [0.25, 0.3) is 5.56 Å². The quantitative estimate of drug-likeness (QED) is 0.397. The number of methoxy groups -OCH3 is 1. The molecule has 7 nitrogen and oxygen atoms in total. The first kappa shape index (κ1) is 22.3. The van der Waals surface area contributed by atoms with Crippen molar-refractivity contribution in [3.63, 3.8) is 0 Å². The fourth-order valence-electron chi connectivity index (χ4n) is 4.17. The van der Waals surface area contributed by atoms with Crippen molar-refractivity contribution in [1.82, 2.24) is 14.1 Å². The molecule has 1 amide bonds. The number of hydrogen-bond donors (Lipinski definition) is 1. The summed E-state index contributed by atoms with van der Waals surface area (Å²) in [6, 6.07) is 19.4. The van der Waals surface area contributed by atoms with Crippen molar-refractivity contribution >= 4 is 33.5 Å². The number of halogens is 1. The Hall–Kier alpha value is -4.46. The van der Waals surface area contributed by atoms with Gasteiger partial charge in [-0.2, -0.15) is 0 Å². The van der Waals surface area contributed by atoms with E-state index in [1.807, 2.05) is 48.5 Å². The van der Waals surface area contributed by atoms with E-state index in [-0.39, 0.29) is 18.0 Å². The highest BCUT2D eigenvalue weighted by Crippen LogP contribution is 2.25. The molecule has 5 rings (SSSR count). The maximum absolute atomic E-state index is 13.9. The van der Waals surface area contributed by atoms with E-state index in [0.717, 1.165) is 22.2 Å². The molecule has 0 aliphatic rings. The predicted molar refractivity (Wildman–Crippen MR) is 133 cm³/mol. The third-order valence-corrected chi connectivity index (χ3v) is 6.00. The van der Waals surface area contributed by atoms with Crippen LogP contribution in [0.25, 0.3) is 21.9 Å². The van der Waals surface area contributed by atoms with Gasteiger partial charge in [-0.25, -0.2) is 9.37 Å². The highest BCUT2D eigenvalue weighted by molar-refractivity contribution is 6.06. The number of carbonyl (C=O) groups excluding carboxylic acids is 1. The number of fused-ring (bicyclic) bond motifs is 3. The molecule has 0 bridgehead atoms. The van der Waals surface area contributed by atoms with E-state index in [2.05, 4.69) is 10.3 Å². The van der Waals surface area contributed by atoms with Crippen LogP contribution < -0.4 is 15.6 Å². The number of nitrogens with zero attached hydrogens (tertiary/aromatic N) is 3. The second-order valence-corrected chi connectivity index (χ2v) is 8.34. The van der Waals surface area contributed by atoms with Crippen LogP contribution in [-0.2, 0) is 17.9 Å². The molecule has 0 unspecified atom stereocenters. The van der Waals surface area contributed by atoms with E-state index in [9.17, 15) is 14.0 Å². The molecule has 0 saturated carbocycles. The maximum atomic E-state index is 13.9. The average Bonchev–Trinajstić information content (AvgIpc) is 3.17.